The molecule has 4 heteroatoms. The van der Waals surface area contributed by atoms with Gasteiger partial charge in [0.25, 0.3) is 0 Å². The fraction of sp³-hybridized carbons (Fsp3) is 0.812. The smallest absolute Gasteiger partial charge is 0.0489 e. The Morgan fingerprint density at radius 3 is 3.00 bits per heavy atom. The average Bonchev–Trinajstić information content (AvgIpc) is 3.16. The number of nitrogens with one attached hydrogen (secondary N) is 2. The molecular formula is C16H28N4. The van der Waals surface area contributed by atoms with Gasteiger partial charge in [-0.25, -0.2) is 0 Å². The van der Waals surface area contributed by atoms with E-state index in [1.165, 1.54) is 51.5 Å². The minimum Gasteiger partial charge on any atom is -0.314 e. The summed E-state index contributed by atoms with van der Waals surface area (Å²) in [6, 6.07) is 3.51. The van der Waals surface area contributed by atoms with E-state index in [9.17, 15) is 0 Å². The largest absolute Gasteiger partial charge is 0.314 e. The van der Waals surface area contributed by atoms with Gasteiger partial charge in [0.15, 0.2) is 0 Å². The summed E-state index contributed by atoms with van der Waals surface area (Å²) >= 11 is 0. The number of piperidine rings is 1. The van der Waals surface area contributed by atoms with Gasteiger partial charge in [-0.15, -0.1) is 0 Å². The quantitative estimate of drug-likeness (QED) is 0.783. The number of rotatable bonds is 6. The molecule has 20 heavy (non-hydrogen) atoms. The Hall–Kier alpha value is -0.870. The maximum absolute atomic E-state index is 4.25. The molecule has 2 aliphatic rings. The average molecular weight is 276 g/mol. The fourth-order valence-corrected chi connectivity index (χ4v) is 3.93. The predicted molar refractivity (Wildman–Crippen MR) is 81.6 cm³/mol. The molecule has 0 radical (unpaired) electrons. The van der Waals surface area contributed by atoms with Crippen LogP contribution < -0.4 is 10.6 Å². The molecular weight excluding hydrogens is 248 g/mol. The summed E-state index contributed by atoms with van der Waals surface area (Å²) in [7, 11) is 0. The van der Waals surface area contributed by atoms with Crippen LogP contribution in [0.4, 0.5) is 0 Å². The standard InChI is InChI=1S/C16H28N4/c1-2-9-17-15(7-1)14-6-3-8-16(14)18-10-4-12-20-13-5-11-19-20/h5,11,13-18H,1-4,6-10,12H2. The van der Waals surface area contributed by atoms with E-state index >= 15 is 0 Å². The fourth-order valence-electron chi connectivity index (χ4n) is 3.93. The summed E-state index contributed by atoms with van der Waals surface area (Å²) in [5.41, 5.74) is 0. The van der Waals surface area contributed by atoms with Gasteiger partial charge in [0.1, 0.15) is 0 Å². The van der Waals surface area contributed by atoms with Crippen LogP contribution in [0.1, 0.15) is 44.9 Å². The van der Waals surface area contributed by atoms with Crippen LogP contribution >= 0.6 is 0 Å². The first-order valence-electron chi connectivity index (χ1n) is 8.38. The Kier molecular flexibility index (Phi) is 5.09. The Labute approximate surface area is 122 Å². The van der Waals surface area contributed by atoms with Crippen molar-refractivity contribution in [1.82, 2.24) is 20.4 Å². The zero-order chi connectivity index (χ0) is 13.6. The van der Waals surface area contributed by atoms with Crippen LogP contribution in [0.5, 0.6) is 0 Å². The number of aromatic nitrogens is 2. The highest BCUT2D eigenvalue weighted by Gasteiger charge is 2.33. The van der Waals surface area contributed by atoms with Gasteiger partial charge in [-0.2, -0.15) is 5.10 Å². The second-order valence-electron chi connectivity index (χ2n) is 6.33. The Morgan fingerprint density at radius 1 is 1.20 bits per heavy atom. The van der Waals surface area contributed by atoms with Crippen LogP contribution in [-0.4, -0.2) is 35.0 Å². The number of nitrogens with zero attached hydrogens (tertiary/aromatic N) is 2. The lowest BCUT2D eigenvalue weighted by Crippen LogP contribution is -2.47. The zero-order valence-corrected chi connectivity index (χ0v) is 12.4. The third kappa shape index (κ3) is 3.61. The van der Waals surface area contributed by atoms with Crippen LogP contribution in [0.3, 0.4) is 0 Å². The Bertz CT molecular complexity index is 370. The van der Waals surface area contributed by atoms with Crippen molar-refractivity contribution in [3.05, 3.63) is 18.5 Å². The third-order valence-electron chi connectivity index (χ3n) is 4.96. The maximum Gasteiger partial charge on any atom is 0.0489 e. The van der Waals surface area contributed by atoms with E-state index in [1.54, 1.807) is 0 Å². The minimum atomic E-state index is 0.739. The lowest BCUT2D eigenvalue weighted by Gasteiger charge is -2.33. The molecule has 2 fully saturated rings. The summed E-state index contributed by atoms with van der Waals surface area (Å²) in [6.45, 7) is 3.37. The number of hydrogen-bond acceptors (Lipinski definition) is 3. The van der Waals surface area contributed by atoms with E-state index in [2.05, 4.69) is 15.7 Å². The van der Waals surface area contributed by atoms with Gasteiger partial charge in [0.05, 0.1) is 0 Å². The number of hydrogen-bond donors (Lipinski definition) is 2. The van der Waals surface area contributed by atoms with Gasteiger partial charge in [-0.1, -0.05) is 12.8 Å². The van der Waals surface area contributed by atoms with Crippen molar-refractivity contribution in [2.24, 2.45) is 5.92 Å². The summed E-state index contributed by atoms with van der Waals surface area (Å²) in [5, 5.41) is 11.8. The summed E-state index contributed by atoms with van der Waals surface area (Å²) in [6.07, 6.45) is 13.4. The van der Waals surface area contributed by atoms with Crippen molar-refractivity contribution >= 4 is 0 Å². The molecule has 1 saturated heterocycles. The van der Waals surface area contributed by atoms with Crippen LogP contribution in [-0.2, 0) is 6.54 Å². The van der Waals surface area contributed by atoms with E-state index in [0.29, 0.717) is 0 Å². The van der Waals surface area contributed by atoms with Gasteiger partial charge in [-0.05, 0) is 57.2 Å². The van der Waals surface area contributed by atoms with Crippen molar-refractivity contribution < 1.29 is 0 Å². The second kappa shape index (κ2) is 7.23. The molecule has 3 atom stereocenters. The highest BCUT2D eigenvalue weighted by molar-refractivity contribution is 4.92. The second-order valence-corrected chi connectivity index (χ2v) is 6.33. The molecule has 1 aromatic heterocycles. The van der Waals surface area contributed by atoms with Crippen LogP contribution in [0.2, 0.25) is 0 Å². The highest BCUT2D eigenvalue weighted by Crippen LogP contribution is 2.31. The van der Waals surface area contributed by atoms with E-state index in [0.717, 1.165) is 31.1 Å². The van der Waals surface area contributed by atoms with E-state index < -0.39 is 0 Å². The van der Waals surface area contributed by atoms with Crippen molar-refractivity contribution in [2.45, 2.75) is 63.6 Å². The first kappa shape index (κ1) is 14.1. The molecule has 1 aromatic rings. The molecule has 2 heterocycles. The molecule has 3 rings (SSSR count). The van der Waals surface area contributed by atoms with E-state index in [-0.39, 0.29) is 0 Å². The Balaban J connectivity index is 1.39. The van der Waals surface area contributed by atoms with Crippen LogP contribution in [0.25, 0.3) is 0 Å². The first-order valence-corrected chi connectivity index (χ1v) is 8.38. The molecule has 2 N–H and O–H groups in total. The number of aryl methyl sites for hydroxylation is 1. The maximum atomic E-state index is 4.25. The molecule has 4 nitrogen and oxygen atoms in total. The monoisotopic (exact) mass is 276 g/mol. The van der Waals surface area contributed by atoms with Crippen molar-refractivity contribution in [3.8, 4) is 0 Å². The summed E-state index contributed by atoms with van der Waals surface area (Å²) < 4.78 is 2.02. The molecule has 112 valence electrons. The zero-order valence-electron chi connectivity index (χ0n) is 12.4. The van der Waals surface area contributed by atoms with E-state index in [4.69, 9.17) is 0 Å². The topological polar surface area (TPSA) is 41.9 Å². The van der Waals surface area contributed by atoms with Gasteiger partial charge >= 0.3 is 0 Å². The normalized spacial score (nSPS) is 30.7. The van der Waals surface area contributed by atoms with Crippen LogP contribution in [0.15, 0.2) is 18.5 Å². The molecule has 0 bridgehead atoms. The van der Waals surface area contributed by atoms with E-state index in [1.807, 2.05) is 23.1 Å². The molecule has 1 aliphatic heterocycles. The van der Waals surface area contributed by atoms with Crippen LogP contribution in [0, 0.1) is 5.92 Å². The van der Waals surface area contributed by atoms with Gasteiger partial charge in [-0.3, -0.25) is 4.68 Å². The molecule has 1 saturated carbocycles. The predicted octanol–water partition coefficient (Wildman–Crippen LogP) is 2.17. The summed E-state index contributed by atoms with van der Waals surface area (Å²) in [4.78, 5) is 0. The minimum absolute atomic E-state index is 0.739. The lowest BCUT2D eigenvalue weighted by molar-refractivity contribution is 0.256. The SMILES string of the molecule is c1cnn(CCCNC2CCCC2C2CCCCN2)c1. The van der Waals surface area contributed by atoms with Crippen molar-refractivity contribution in [3.63, 3.8) is 0 Å². The molecule has 0 amide bonds. The third-order valence-corrected chi connectivity index (χ3v) is 4.96. The van der Waals surface area contributed by atoms with Crippen molar-refractivity contribution in [1.29, 1.82) is 0 Å². The van der Waals surface area contributed by atoms with Gasteiger partial charge in [0.2, 0.25) is 0 Å². The first-order chi connectivity index (χ1) is 9.93. The molecule has 0 spiro atoms. The van der Waals surface area contributed by atoms with Gasteiger partial charge < -0.3 is 10.6 Å². The molecule has 3 unspecified atom stereocenters. The molecule has 1 aliphatic carbocycles. The van der Waals surface area contributed by atoms with Gasteiger partial charge in [0, 0.05) is 31.0 Å². The van der Waals surface area contributed by atoms with Crippen molar-refractivity contribution in [2.75, 3.05) is 13.1 Å². The lowest BCUT2D eigenvalue weighted by atomic mass is 9.88. The Morgan fingerprint density at radius 2 is 2.20 bits per heavy atom. The highest BCUT2D eigenvalue weighted by atomic mass is 15.3. The molecule has 0 aromatic carbocycles. The summed E-state index contributed by atoms with van der Waals surface area (Å²) in [5.74, 6) is 0.861.